The van der Waals surface area contributed by atoms with Crippen LogP contribution in [0.5, 0.6) is 0 Å². The Labute approximate surface area is 70.6 Å². The first-order valence-corrected chi connectivity index (χ1v) is 3.33. The Balaban J connectivity index is 3.99. The van der Waals surface area contributed by atoms with E-state index in [2.05, 4.69) is 9.47 Å². The lowest BCUT2D eigenvalue weighted by molar-refractivity contribution is -0.158. The van der Waals surface area contributed by atoms with Gasteiger partial charge in [-0.25, -0.2) is 4.79 Å². The maximum absolute atomic E-state index is 10.8. The van der Waals surface area contributed by atoms with Crippen LogP contribution in [0.4, 0.5) is 0 Å². The van der Waals surface area contributed by atoms with Crippen LogP contribution in [0.15, 0.2) is 0 Å². The van der Waals surface area contributed by atoms with Crippen LogP contribution in [0.3, 0.4) is 0 Å². The predicted octanol–water partition coefficient (Wildman–Crippen LogP) is -0.263. The first-order valence-electron chi connectivity index (χ1n) is 3.33. The highest BCUT2D eigenvalue weighted by molar-refractivity contribution is 5.81. The number of rotatable bonds is 4. The van der Waals surface area contributed by atoms with Crippen LogP contribution in [-0.2, 0) is 23.8 Å². The van der Waals surface area contributed by atoms with Crippen LogP contribution in [-0.4, -0.2) is 39.4 Å². The summed E-state index contributed by atoms with van der Waals surface area (Å²) in [6, 6.07) is 0. The van der Waals surface area contributed by atoms with Crippen molar-refractivity contribution >= 4 is 11.9 Å². The molecule has 0 fully saturated rings. The Morgan fingerprint density at radius 2 is 1.75 bits per heavy atom. The van der Waals surface area contributed by atoms with Gasteiger partial charge in [0.05, 0.1) is 20.6 Å². The van der Waals surface area contributed by atoms with Crippen molar-refractivity contribution in [3.05, 3.63) is 0 Å². The average Bonchev–Trinajstić information content (AvgIpc) is 2.12. The summed E-state index contributed by atoms with van der Waals surface area (Å²) in [5, 5.41) is 0. The fourth-order valence-corrected chi connectivity index (χ4v) is 0.629. The molecule has 0 unspecified atom stereocenters. The fraction of sp³-hybridized carbons (Fsp3) is 0.714. The summed E-state index contributed by atoms with van der Waals surface area (Å²) in [6.07, 6.45) is -0.998. The molecule has 0 saturated heterocycles. The van der Waals surface area contributed by atoms with Gasteiger partial charge >= 0.3 is 11.9 Å². The number of carbonyl (C=O) groups excluding carboxylic acids is 2. The second-order valence-electron chi connectivity index (χ2n) is 2.03. The van der Waals surface area contributed by atoms with Crippen molar-refractivity contribution < 1.29 is 23.8 Å². The molecule has 0 saturated carbocycles. The smallest absolute Gasteiger partial charge is 0.335 e. The van der Waals surface area contributed by atoms with Gasteiger partial charge < -0.3 is 14.2 Å². The number of methoxy groups -OCH3 is 3. The van der Waals surface area contributed by atoms with Crippen LogP contribution in [0.25, 0.3) is 0 Å². The van der Waals surface area contributed by atoms with Gasteiger partial charge in [-0.05, 0) is 0 Å². The van der Waals surface area contributed by atoms with Gasteiger partial charge in [-0.15, -0.1) is 0 Å². The van der Waals surface area contributed by atoms with Gasteiger partial charge in [0.1, 0.15) is 0 Å². The van der Waals surface area contributed by atoms with Gasteiger partial charge in [-0.2, -0.15) is 0 Å². The summed E-state index contributed by atoms with van der Waals surface area (Å²) < 4.78 is 13.4. The fourth-order valence-electron chi connectivity index (χ4n) is 0.629. The minimum Gasteiger partial charge on any atom is -0.469 e. The first-order chi connectivity index (χ1) is 5.65. The molecule has 12 heavy (non-hydrogen) atoms. The summed E-state index contributed by atoms with van der Waals surface area (Å²) in [5.41, 5.74) is 0. The minimum atomic E-state index is -0.873. The molecular weight excluding hydrogens is 164 g/mol. The van der Waals surface area contributed by atoms with Crippen LogP contribution < -0.4 is 0 Å². The molecule has 70 valence electrons. The van der Waals surface area contributed by atoms with Crippen molar-refractivity contribution in [3.63, 3.8) is 0 Å². The molecule has 0 N–H and O–H groups in total. The maximum Gasteiger partial charge on any atom is 0.335 e. The topological polar surface area (TPSA) is 61.8 Å². The number of hydrogen-bond acceptors (Lipinski definition) is 5. The summed E-state index contributed by atoms with van der Waals surface area (Å²) in [4.78, 5) is 21.5. The summed E-state index contributed by atoms with van der Waals surface area (Å²) in [5.74, 6) is -1.09. The van der Waals surface area contributed by atoms with Gasteiger partial charge in [0.15, 0.2) is 6.10 Å². The average molecular weight is 176 g/mol. The zero-order chi connectivity index (χ0) is 9.56. The lowest BCUT2D eigenvalue weighted by atomic mass is 10.2. The third kappa shape index (κ3) is 3.34. The van der Waals surface area contributed by atoms with E-state index in [-0.39, 0.29) is 6.42 Å². The molecule has 0 spiro atoms. The quantitative estimate of drug-likeness (QED) is 0.552. The third-order valence-electron chi connectivity index (χ3n) is 1.33. The molecule has 0 heterocycles. The molecule has 0 radical (unpaired) electrons. The minimum absolute atomic E-state index is 0.125. The van der Waals surface area contributed by atoms with Crippen LogP contribution >= 0.6 is 0 Å². The molecule has 0 rings (SSSR count). The molecule has 1 atom stereocenters. The molecule has 5 nitrogen and oxygen atoms in total. The highest BCUT2D eigenvalue weighted by Gasteiger charge is 2.22. The van der Waals surface area contributed by atoms with Crippen molar-refractivity contribution in [3.8, 4) is 0 Å². The van der Waals surface area contributed by atoms with Crippen molar-refractivity contribution in [2.45, 2.75) is 12.5 Å². The Morgan fingerprint density at radius 1 is 1.17 bits per heavy atom. The Morgan fingerprint density at radius 3 is 2.08 bits per heavy atom. The molecule has 0 aliphatic heterocycles. The second-order valence-corrected chi connectivity index (χ2v) is 2.03. The zero-order valence-electron chi connectivity index (χ0n) is 7.33. The van der Waals surface area contributed by atoms with Crippen LogP contribution in [0, 0.1) is 0 Å². The van der Waals surface area contributed by atoms with E-state index in [9.17, 15) is 9.59 Å². The summed E-state index contributed by atoms with van der Waals surface area (Å²) in [7, 11) is 3.79. The third-order valence-corrected chi connectivity index (χ3v) is 1.33. The van der Waals surface area contributed by atoms with E-state index in [4.69, 9.17) is 4.74 Å². The number of hydrogen-bond donors (Lipinski definition) is 0. The Kier molecular flexibility index (Phi) is 5.03. The summed E-state index contributed by atoms with van der Waals surface area (Å²) >= 11 is 0. The highest BCUT2D eigenvalue weighted by atomic mass is 16.6. The van der Waals surface area contributed by atoms with E-state index in [1.165, 1.54) is 21.3 Å². The molecular formula is C7H12O5. The zero-order valence-corrected chi connectivity index (χ0v) is 7.33. The standard InChI is InChI=1S/C7H12O5/c1-10-5(7(9)12-3)4-6(8)11-2/h5H,4H2,1-3H3/t5-/m0/s1. The van der Waals surface area contributed by atoms with Gasteiger partial charge in [0.2, 0.25) is 0 Å². The van der Waals surface area contributed by atoms with E-state index in [1.54, 1.807) is 0 Å². The second kappa shape index (κ2) is 5.54. The Hall–Kier alpha value is -1.10. The van der Waals surface area contributed by atoms with Crippen molar-refractivity contribution in [2.75, 3.05) is 21.3 Å². The van der Waals surface area contributed by atoms with Crippen molar-refractivity contribution in [1.29, 1.82) is 0 Å². The van der Waals surface area contributed by atoms with E-state index >= 15 is 0 Å². The molecule has 0 aromatic heterocycles. The molecule has 0 aliphatic carbocycles. The monoisotopic (exact) mass is 176 g/mol. The first kappa shape index (κ1) is 10.9. The van der Waals surface area contributed by atoms with Gasteiger partial charge in [-0.3, -0.25) is 4.79 Å². The van der Waals surface area contributed by atoms with E-state index in [0.717, 1.165) is 0 Å². The van der Waals surface area contributed by atoms with Crippen LogP contribution in [0.2, 0.25) is 0 Å². The lowest BCUT2D eigenvalue weighted by Crippen LogP contribution is -2.27. The van der Waals surface area contributed by atoms with Gasteiger partial charge in [-0.1, -0.05) is 0 Å². The number of ether oxygens (including phenoxy) is 3. The molecule has 5 heteroatoms. The van der Waals surface area contributed by atoms with E-state index in [0.29, 0.717) is 0 Å². The maximum atomic E-state index is 10.8. The SMILES string of the molecule is COC(=O)C[C@H](OC)C(=O)OC. The van der Waals surface area contributed by atoms with Gasteiger partial charge in [0.25, 0.3) is 0 Å². The normalized spacial score (nSPS) is 11.9. The predicted molar refractivity (Wildman–Crippen MR) is 39.4 cm³/mol. The largest absolute Gasteiger partial charge is 0.469 e. The van der Waals surface area contributed by atoms with E-state index < -0.39 is 18.0 Å². The number of esters is 2. The molecule has 0 bridgehead atoms. The van der Waals surface area contributed by atoms with Crippen LogP contribution in [0.1, 0.15) is 6.42 Å². The summed E-state index contributed by atoms with van der Waals surface area (Å²) in [6.45, 7) is 0. The molecule has 0 aliphatic rings. The molecule has 0 amide bonds. The van der Waals surface area contributed by atoms with Crippen molar-refractivity contribution in [1.82, 2.24) is 0 Å². The number of carbonyl (C=O) groups is 2. The van der Waals surface area contributed by atoms with E-state index in [1.807, 2.05) is 0 Å². The lowest BCUT2D eigenvalue weighted by Gasteiger charge is -2.10. The Bertz CT molecular complexity index is 165. The highest BCUT2D eigenvalue weighted by Crippen LogP contribution is 2.00. The van der Waals surface area contributed by atoms with Crippen molar-refractivity contribution in [2.24, 2.45) is 0 Å². The molecule has 0 aromatic carbocycles. The van der Waals surface area contributed by atoms with Gasteiger partial charge in [0, 0.05) is 7.11 Å². The molecule has 0 aromatic rings.